The Morgan fingerprint density at radius 1 is 0.511 bits per heavy atom. The van der Waals surface area contributed by atoms with Crippen LogP contribution in [0.5, 0.6) is 11.5 Å². The van der Waals surface area contributed by atoms with Gasteiger partial charge in [-0.15, -0.1) is 0 Å². The van der Waals surface area contributed by atoms with Crippen molar-refractivity contribution in [3.63, 3.8) is 0 Å². The van der Waals surface area contributed by atoms with E-state index in [0.29, 0.717) is 13.2 Å². The second-order valence-corrected chi connectivity index (χ2v) is 15.0. The van der Waals surface area contributed by atoms with Crippen LogP contribution in [0.15, 0.2) is 84.9 Å². The van der Waals surface area contributed by atoms with Crippen molar-refractivity contribution in [2.45, 2.75) is 98.6 Å². The number of hydrogen-bond donors (Lipinski definition) is 0. The first-order valence-corrected chi connectivity index (χ1v) is 17.9. The van der Waals surface area contributed by atoms with Gasteiger partial charge in [0.05, 0.1) is 30.8 Å². The Balaban J connectivity index is 1.46. The van der Waals surface area contributed by atoms with Crippen LogP contribution in [-0.2, 0) is 22.3 Å². The number of benzene rings is 4. The molecule has 0 saturated heterocycles. The summed E-state index contributed by atoms with van der Waals surface area (Å²) in [5, 5.41) is -0.758. The van der Waals surface area contributed by atoms with E-state index in [0.717, 1.165) is 64.1 Å². The molecule has 3 atom stereocenters. The Morgan fingerprint density at radius 3 is 1.38 bits per heavy atom. The van der Waals surface area contributed by atoms with Gasteiger partial charge in [0.25, 0.3) is 0 Å². The number of ether oxygens (including phenoxy) is 2. The summed E-state index contributed by atoms with van der Waals surface area (Å²) in [5.41, 5.74) is 9.27. The van der Waals surface area contributed by atoms with Gasteiger partial charge in [-0.3, -0.25) is 0 Å². The second kappa shape index (κ2) is 16.2. The number of para-hydroxylation sites is 2. The first-order valence-electron chi connectivity index (χ1n) is 16.1. The monoisotopic (exact) mass is 644 g/mol. The lowest BCUT2D eigenvalue weighted by Crippen LogP contribution is -2.30. The molecule has 45 heavy (non-hydrogen) atoms. The van der Waals surface area contributed by atoms with Gasteiger partial charge in [0.15, 0.2) is 0 Å². The molecule has 0 radical (unpaired) electrons. The largest absolute Gasteiger partial charge is 0.481 e. The quantitative estimate of drug-likeness (QED) is 0.114. The molecule has 0 fully saturated rings. The maximum atomic E-state index is 6.73. The molecule has 4 aromatic rings. The fourth-order valence-corrected chi connectivity index (χ4v) is 7.14. The second-order valence-electron chi connectivity index (χ2n) is 12.0. The zero-order valence-electron chi connectivity index (χ0n) is 28.3. The van der Waals surface area contributed by atoms with Crippen molar-refractivity contribution in [3.8, 4) is 22.6 Å². The molecular weight excluding hydrogens is 594 g/mol. The smallest absolute Gasteiger partial charge is 0.149 e. The van der Waals surface area contributed by atoms with Crippen LogP contribution < -0.4 is 9.47 Å². The van der Waals surface area contributed by atoms with Gasteiger partial charge in [-0.05, 0) is 98.4 Å². The molecule has 240 valence electrons. The van der Waals surface area contributed by atoms with Gasteiger partial charge in [-0.2, -0.15) is 0 Å². The molecule has 4 aromatic carbocycles. The van der Waals surface area contributed by atoms with Crippen LogP contribution in [0.1, 0.15) is 80.3 Å². The molecule has 6 heteroatoms. The molecule has 0 spiro atoms. The number of rotatable bonds is 16. The molecule has 0 N–H and O–H groups in total. The van der Waals surface area contributed by atoms with Crippen LogP contribution in [0.3, 0.4) is 0 Å². The highest BCUT2D eigenvalue weighted by atomic mass is 31.1. The summed E-state index contributed by atoms with van der Waals surface area (Å²) in [5.74, 6) is 1.94. The minimum Gasteiger partial charge on any atom is -0.481 e. The molecule has 0 bridgehead atoms. The molecule has 4 rings (SSSR count). The molecule has 4 nitrogen and oxygen atoms in total. The van der Waals surface area contributed by atoms with Crippen LogP contribution in [0.4, 0.5) is 0 Å². The number of hydrogen-bond acceptors (Lipinski definition) is 4. The van der Waals surface area contributed by atoms with Crippen LogP contribution in [-0.4, -0.2) is 10.7 Å². The zero-order valence-corrected chi connectivity index (χ0v) is 30.3. The fourth-order valence-electron chi connectivity index (χ4n) is 5.40. The van der Waals surface area contributed by atoms with Crippen LogP contribution in [0.25, 0.3) is 11.1 Å². The van der Waals surface area contributed by atoms with Crippen LogP contribution in [0.2, 0.25) is 0 Å². The first-order chi connectivity index (χ1) is 21.6. The third-order valence-corrected chi connectivity index (χ3v) is 11.2. The Hall–Kier alpha value is -2.74. The first kappa shape index (κ1) is 35.1. The summed E-state index contributed by atoms with van der Waals surface area (Å²) in [7, 11) is 0.399. The Morgan fingerprint density at radius 2 is 0.933 bits per heavy atom. The maximum Gasteiger partial charge on any atom is 0.149 e. The minimum atomic E-state index is -0.400. The van der Waals surface area contributed by atoms with E-state index in [2.05, 4.69) is 140 Å². The molecule has 3 unspecified atom stereocenters. The van der Waals surface area contributed by atoms with Crippen molar-refractivity contribution in [2.24, 2.45) is 0 Å². The average Bonchev–Trinajstić information content (AvgIpc) is 3.04. The predicted molar refractivity (Wildman–Crippen MR) is 193 cm³/mol. The van der Waals surface area contributed by atoms with Crippen LogP contribution in [0, 0.1) is 27.7 Å². The Bertz CT molecular complexity index is 1510. The fraction of sp³-hybridized carbons (Fsp3) is 0.385. The van der Waals surface area contributed by atoms with Crippen LogP contribution >= 0.6 is 17.6 Å². The summed E-state index contributed by atoms with van der Waals surface area (Å²) in [6.45, 7) is 18.1. The molecule has 0 heterocycles. The van der Waals surface area contributed by atoms with Crippen molar-refractivity contribution in [1.29, 1.82) is 0 Å². The normalized spacial score (nSPS) is 13.5. The molecule has 0 aromatic heterocycles. The average molecular weight is 645 g/mol. The van der Waals surface area contributed by atoms with Crippen molar-refractivity contribution in [1.82, 2.24) is 0 Å². The van der Waals surface area contributed by atoms with Crippen molar-refractivity contribution < 1.29 is 18.5 Å². The lowest BCUT2D eigenvalue weighted by Gasteiger charge is -2.33. The summed E-state index contributed by atoms with van der Waals surface area (Å²) in [6.07, 6.45) is 2.61. The van der Waals surface area contributed by atoms with Gasteiger partial charge in [0, 0.05) is 0 Å². The van der Waals surface area contributed by atoms with E-state index in [4.69, 9.17) is 18.5 Å². The SMILES string of the molecule is CCC(C)(Oc1c(C)cccc1C)POCc1ccccc1-c1ccccc1COPC(CC)(CC)Oc1c(C)cccc1C. The van der Waals surface area contributed by atoms with E-state index in [9.17, 15) is 0 Å². The summed E-state index contributed by atoms with van der Waals surface area (Å²) >= 11 is 0. The number of aryl methyl sites for hydroxylation is 4. The lowest BCUT2D eigenvalue weighted by molar-refractivity contribution is 0.134. The molecule has 0 aliphatic carbocycles. The highest BCUT2D eigenvalue weighted by Gasteiger charge is 2.31. The predicted octanol–water partition coefficient (Wildman–Crippen LogP) is 11.6. The molecule has 0 amide bonds. The van der Waals surface area contributed by atoms with E-state index >= 15 is 0 Å². The highest BCUT2D eigenvalue weighted by molar-refractivity contribution is 7.34. The molecule has 0 saturated carbocycles. The summed E-state index contributed by atoms with van der Waals surface area (Å²) in [6, 6.07) is 29.6. The van der Waals surface area contributed by atoms with Gasteiger partial charge >= 0.3 is 0 Å². The van der Waals surface area contributed by atoms with Gasteiger partial charge in [0.1, 0.15) is 22.2 Å². The van der Waals surface area contributed by atoms with E-state index in [1.807, 2.05) is 0 Å². The van der Waals surface area contributed by atoms with E-state index in [1.165, 1.54) is 11.1 Å². The third kappa shape index (κ3) is 8.96. The molecular formula is C39H50O4P2. The lowest BCUT2D eigenvalue weighted by atomic mass is 9.96. The highest BCUT2D eigenvalue weighted by Crippen LogP contribution is 2.44. The van der Waals surface area contributed by atoms with Crippen molar-refractivity contribution >= 4 is 17.6 Å². The van der Waals surface area contributed by atoms with E-state index < -0.39 is 5.34 Å². The van der Waals surface area contributed by atoms with E-state index in [1.54, 1.807) is 0 Å². The Labute approximate surface area is 275 Å². The molecule has 0 aliphatic rings. The zero-order chi connectivity index (χ0) is 32.5. The van der Waals surface area contributed by atoms with Gasteiger partial charge in [0.2, 0.25) is 0 Å². The summed E-state index contributed by atoms with van der Waals surface area (Å²) in [4.78, 5) is 0. The van der Waals surface area contributed by atoms with Gasteiger partial charge in [-0.1, -0.05) is 106 Å². The third-order valence-electron chi connectivity index (χ3n) is 8.59. The Kier molecular flexibility index (Phi) is 12.6. The summed E-state index contributed by atoms with van der Waals surface area (Å²) < 4.78 is 26.2. The van der Waals surface area contributed by atoms with Crippen molar-refractivity contribution in [3.05, 3.63) is 118 Å². The van der Waals surface area contributed by atoms with Gasteiger partial charge in [-0.25, -0.2) is 0 Å². The van der Waals surface area contributed by atoms with Gasteiger partial charge < -0.3 is 18.5 Å². The standard InChI is InChI=1S/C39H50O4P2/c1-9-38(8,42-36-28(4)18-16-19-29(36)5)44-40-26-32-22-12-14-24-34(32)35-25-15-13-23-33(35)27-41-45-39(10-2,11-3)43-37-30(6)20-17-21-31(37)7/h12-25,44-45H,9-11,26-27H2,1-8H3. The molecule has 0 aliphatic heterocycles. The van der Waals surface area contributed by atoms with Crippen molar-refractivity contribution in [2.75, 3.05) is 0 Å². The van der Waals surface area contributed by atoms with E-state index in [-0.39, 0.29) is 23.0 Å². The minimum absolute atomic E-state index is 0.191. The topological polar surface area (TPSA) is 36.9 Å². The maximum absolute atomic E-state index is 6.73.